The smallest absolute Gasteiger partial charge is 0.237 e. The summed E-state index contributed by atoms with van der Waals surface area (Å²) in [5.41, 5.74) is 2.73. The number of imidazole rings is 1. The van der Waals surface area contributed by atoms with Gasteiger partial charge in [-0.25, -0.2) is 0 Å². The molecule has 0 saturated heterocycles. The summed E-state index contributed by atoms with van der Waals surface area (Å²) in [4.78, 5) is 5.46. The maximum absolute atomic E-state index is 5.36. The van der Waals surface area contributed by atoms with Crippen LogP contribution in [0.15, 0.2) is 23.2 Å². The topological polar surface area (TPSA) is 38.6 Å². The number of thiazole rings is 1. The van der Waals surface area contributed by atoms with E-state index in [4.69, 9.17) is 4.74 Å². The third kappa shape index (κ3) is 2.88. The molecule has 0 spiro atoms. The standard InChI is InChI=1S/C15H21N3OS/c1-19-14-13(18-9-10-20-15(18)17-14)11-16-8-7-12-5-3-2-4-6-12/h5,9-10,16H,2-4,6-8,11H2,1H3. The Balaban J connectivity index is 1.56. The van der Waals surface area contributed by atoms with Crippen LogP contribution < -0.4 is 10.1 Å². The van der Waals surface area contributed by atoms with Crippen molar-refractivity contribution >= 4 is 16.3 Å². The highest BCUT2D eigenvalue weighted by Gasteiger charge is 2.13. The number of fused-ring (bicyclic) bond motifs is 1. The van der Waals surface area contributed by atoms with Crippen LogP contribution in [0.3, 0.4) is 0 Å². The molecular weight excluding hydrogens is 270 g/mol. The van der Waals surface area contributed by atoms with Gasteiger partial charge >= 0.3 is 0 Å². The molecular formula is C15H21N3OS. The Hall–Kier alpha value is -1.33. The molecule has 1 aliphatic rings. The Labute approximate surface area is 123 Å². The van der Waals surface area contributed by atoms with Crippen LogP contribution in [0, 0.1) is 0 Å². The van der Waals surface area contributed by atoms with Crippen molar-refractivity contribution in [3.8, 4) is 5.88 Å². The fourth-order valence-electron chi connectivity index (χ4n) is 2.72. The molecule has 0 aromatic carbocycles. The zero-order valence-electron chi connectivity index (χ0n) is 11.9. The molecule has 0 bridgehead atoms. The molecule has 0 aliphatic heterocycles. The molecule has 1 aliphatic carbocycles. The van der Waals surface area contributed by atoms with Gasteiger partial charge in [0, 0.05) is 18.1 Å². The lowest BCUT2D eigenvalue weighted by Gasteiger charge is -2.13. The summed E-state index contributed by atoms with van der Waals surface area (Å²) in [6.45, 7) is 1.82. The first kappa shape index (κ1) is 13.6. The van der Waals surface area contributed by atoms with Crippen molar-refractivity contribution in [1.29, 1.82) is 0 Å². The Morgan fingerprint density at radius 1 is 1.45 bits per heavy atom. The van der Waals surface area contributed by atoms with Crippen LogP contribution in [0.4, 0.5) is 0 Å². The predicted molar refractivity (Wildman–Crippen MR) is 82.5 cm³/mol. The van der Waals surface area contributed by atoms with E-state index in [1.807, 2.05) is 0 Å². The third-order valence-electron chi connectivity index (χ3n) is 3.82. The predicted octanol–water partition coefficient (Wildman–Crippen LogP) is 3.38. The zero-order chi connectivity index (χ0) is 13.8. The zero-order valence-corrected chi connectivity index (χ0v) is 12.7. The first-order chi connectivity index (χ1) is 9.88. The second kappa shape index (κ2) is 6.41. The van der Waals surface area contributed by atoms with E-state index in [9.17, 15) is 0 Å². The van der Waals surface area contributed by atoms with E-state index in [0.717, 1.165) is 36.0 Å². The van der Waals surface area contributed by atoms with Gasteiger partial charge in [0.2, 0.25) is 5.88 Å². The van der Waals surface area contributed by atoms with Crippen molar-refractivity contribution in [2.75, 3.05) is 13.7 Å². The summed E-state index contributed by atoms with van der Waals surface area (Å²) in [6.07, 6.45) is 10.9. The molecule has 0 unspecified atom stereocenters. The fourth-order valence-corrected chi connectivity index (χ4v) is 3.45. The van der Waals surface area contributed by atoms with Crippen LogP contribution in [0.25, 0.3) is 4.96 Å². The van der Waals surface area contributed by atoms with Gasteiger partial charge in [-0.2, -0.15) is 4.98 Å². The lowest BCUT2D eigenvalue weighted by Crippen LogP contribution is -2.17. The Kier molecular flexibility index (Phi) is 4.38. The van der Waals surface area contributed by atoms with Crippen LogP contribution in [-0.4, -0.2) is 23.0 Å². The van der Waals surface area contributed by atoms with Crippen molar-refractivity contribution in [1.82, 2.24) is 14.7 Å². The second-order valence-electron chi connectivity index (χ2n) is 5.16. The van der Waals surface area contributed by atoms with Gasteiger partial charge in [-0.3, -0.25) is 4.40 Å². The van der Waals surface area contributed by atoms with Crippen molar-refractivity contribution in [3.05, 3.63) is 28.9 Å². The molecule has 0 saturated carbocycles. The molecule has 108 valence electrons. The van der Waals surface area contributed by atoms with Crippen LogP contribution in [-0.2, 0) is 6.54 Å². The average Bonchev–Trinajstić information content (AvgIpc) is 3.06. The number of nitrogens with one attached hydrogen (secondary N) is 1. The van der Waals surface area contributed by atoms with Crippen molar-refractivity contribution in [2.45, 2.75) is 38.6 Å². The number of aromatic nitrogens is 2. The molecule has 0 atom stereocenters. The van der Waals surface area contributed by atoms with Gasteiger partial charge < -0.3 is 10.1 Å². The molecule has 0 radical (unpaired) electrons. The van der Waals surface area contributed by atoms with E-state index < -0.39 is 0 Å². The van der Waals surface area contributed by atoms with Gasteiger partial charge in [0.15, 0.2) is 4.96 Å². The number of nitrogens with zero attached hydrogens (tertiary/aromatic N) is 2. The first-order valence-corrected chi connectivity index (χ1v) is 8.13. The van der Waals surface area contributed by atoms with Crippen molar-refractivity contribution in [2.24, 2.45) is 0 Å². The fraction of sp³-hybridized carbons (Fsp3) is 0.533. The minimum atomic E-state index is 0.737. The number of ether oxygens (including phenoxy) is 1. The minimum absolute atomic E-state index is 0.737. The quantitative estimate of drug-likeness (QED) is 0.655. The Morgan fingerprint density at radius 3 is 3.20 bits per heavy atom. The number of allylic oxidation sites excluding steroid dienone is 1. The second-order valence-corrected chi connectivity index (χ2v) is 6.03. The van der Waals surface area contributed by atoms with Gasteiger partial charge in [0.1, 0.15) is 5.69 Å². The van der Waals surface area contributed by atoms with Crippen LogP contribution in [0.5, 0.6) is 5.88 Å². The molecule has 2 aromatic heterocycles. The Morgan fingerprint density at radius 2 is 2.40 bits per heavy atom. The van der Waals surface area contributed by atoms with E-state index in [0.29, 0.717) is 0 Å². The molecule has 20 heavy (non-hydrogen) atoms. The van der Waals surface area contributed by atoms with Gasteiger partial charge in [-0.05, 0) is 38.6 Å². The lowest BCUT2D eigenvalue weighted by atomic mass is 9.97. The number of methoxy groups -OCH3 is 1. The van der Waals surface area contributed by atoms with E-state index in [-0.39, 0.29) is 0 Å². The summed E-state index contributed by atoms with van der Waals surface area (Å²) in [5.74, 6) is 0.737. The van der Waals surface area contributed by atoms with Gasteiger partial charge in [0.05, 0.1) is 7.11 Å². The summed E-state index contributed by atoms with van der Waals surface area (Å²) in [7, 11) is 1.68. The molecule has 2 aromatic rings. The summed E-state index contributed by atoms with van der Waals surface area (Å²) in [5, 5.41) is 5.57. The average molecular weight is 291 g/mol. The minimum Gasteiger partial charge on any atom is -0.480 e. The van der Waals surface area contributed by atoms with Crippen LogP contribution >= 0.6 is 11.3 Å². The summed E-state index contributed by atoms with van der Waals surface area (Å²) < 4.78 is 7.47. The molecule has 0 amide bonds. The van der Waals surface area contributed by atoms with Gasteiger partial charge in [-0.15, -0.1) is 11.3 Å². The SMILES string of the molecule is COc1nc2sccn2c1CNCCC1=CCCCC1. The normalized spacial score (nSPS) is 15.6. The lowest BCUT2D eigenvalue weighted by molar-refractivity contribution is 0.393. The Bertz CT molecular complexity index is 599. The third-order valence-corrected chi connectivity index (χ3v) is 4.57. The maximum atomic E-state index is 5.36. The molecule has 5 heteroatoms. The first-order valence-electron chi connectivity index (χ1n) is 7.25. The molecule has 3 rings (SSSR count). The molecule has 2 heterocycles. The van der Waals surface area contributed by atoms with Gasteiger partial charge in [0.25, 0.3) is 0 Å². The van der Waals surface area contributed by atoms with E-state index >= 15 is 0 Å². The summed E-state index contributed by atoms with van der Waals surface area (Å²) in [6, 6.07) is 0. The highest BCUT2D eigenvalue weighted by molar-refractivity contribution is 7.15. The molecule has 0 fully saturated rings. The van der Waals surface area contributed by atoms with Crippen molar-refractivity contribution < 1.29 is 4.74 Å². The highest BCUT2D eigenvalue weighted by Crippen LogP contribution is 2.23. The largest absolute Gasteiger partial charge is 0.480 e. The number of hydrogen-bond donors (Lipinski definition) is 1. The van der Waals surface area contributed by atoms with Crippen LogP contribution in [0.1, 0.15) is 37.8 Å². The monoisotopic (exact) mass is 291 g/mol. The number of hydrogen-bond acceptors (Lipinski definition) is 4. The van der Waals surface area contributed by atoms with E-state index in [1.54, 1.807) is 24.0 Å². The summed E-state index contributed by atoms with van der Waals surface area (Å²) >= 11 is 1.63. The maximum Gasteiger partial charge on any atom is 0.237 e. The van der Waals surface area contributed by atoms with Crippen LogP contribution in [0.2, 0.25) is 0 Å². The van der Waals surface area contributed by atoms with E-state index in [1.165, 1.54) is 25.7 Å². The molecule has 4 nitrogen and oxygen atoms in total. The highest BCUT2D eigenvalue weighted by atomic mass is 32.1. The van der Waals surface area contributed by atoms with Gasteiger partial charge in [-0.1, -0.05) is 11.6 Å². The van der Waals surface area contributed by atoms with E-state index in [2.05, 4.69) is 32.4 Å². The molecule has 1 N–H and O–H groups in total. The van der Waals surface area contributed by atoms with Crippen molar-refractivity contribution in [3.63, 3.8) is 0 Å². The number of rotatable bonds is 6.